The summed E-state index contributed by atoms with van der Waals surface area (Å²) in [5.41, 5.74) is 2.90. The number of hydrogen-bond acceptors (Lipinski definition) is 8. The summed E-state index contributed by atoms with van der Waals surface area (Å²) in [6.45, 7) is 2.04. The third kappa shape index (κ3) is 4.40. The molecule has 3 heterocycles. The molecule has 0 spiro atoms. The van der Waals surface area contributed by atoms with Crippen molar-refractivity contribution in [3.05, 3.63) is 106 Å². The van der Waals surface area contributed by atoms with E-state index in [1.54, 1.807) is 50.4 Å². The van der Waals surface area contributed by atoms with E-state index in [4.69, 9.17) is 14.2 Å². The molecule has 4 aromatic rings. The van der Waals surface area contributed by atoms with Gasteiger partial charge in [-0.1, -0.05) is 48.5 Å². The Morgan fingerprint density at radius 1 is 1.08 bits per heavy atom. The zero-order valence-corrected chi connectivity index (χ0v) is 22.0. The number of carbonyl (C=O) groups excluding carboxylic acids is 2. The molecular weight excluding hydrogens is 516 g/mol. The Labute approximate surface area is 228 Å². The van der Waals surface area contributed by atoms with Gasteiger partial charge in [-0.3, -0.25) is 9.59 Å². The average Bonchev–Trinajstić information content (AvgIpc) is 3.66. The van der Waals surface area contributed by atoms with E-state index in [1.165, 1.54) is 16.2 Å². The maximum absolute atomic E-state index is 14.0. The molecule has 0 aliphatic carbocycles. The van der Waals surface area contributed by atoms with Crippen LogP contribution in [0, 0.1) is 6.92 Å². The highest BCUT2D eigenvalue weighted by atomic mass is 32.1. The third-order valence-electron chi connectivity index (χ3n) is 6.79. The van der Waals surface area contributed by atoms with Crippen LogP contribution in [0.4, 0.5) is 0 Å². The monoisotopic (exact) mass is 540 g/mol. The van der Waals surface area contributed by atoms with Gasteiger partial charge in [0.25, 0.3) is 5.91 Å². The van der Waals surface area contributed by atoms with Gasteiger partial charge in [-0.25, -0.2) is 4.98 Å². The molecule has 3 aromatic carbocycles. The summed E-state index contributed by atoms with van der Waals surface area (Å²) in [5.74, 6) is 0.245. The molecular formula is C30H24N2O6S. The van der Waals surface area contributed by atoms with Gasteiger partial charge in [-0.05, 0) is 42.3 Å². The second kappa shape index (κ2) is 9.92. The highest BCUT2D eigenvalue weighted by Crippen LogP contribution is 2.43. The van der Waals surface area contributed by atoms with Crippen molar-refractivity contribution in [1.29, 1.82) is 0 Å². The lowest BCUT2D eigenvalue weighted by atomic mass is 9.94. The lowest BCUT2D eigenvalue weighted by molar-refractivity contribution is -0.130. The first kappa shape index (κ1) is 24.7. The summed E-state index contributed by atoms with van der Waals surface area (Å²) in [7, 11) is 1.57. The zero-order chi connectivity index (χ0) is 27.1. The molecule has 1 unspecified atom stereocenters. The van der Waals surface area contributed by atoms with Gasteiger partial charge < -0.3 is 24.2 Å². The van der Waals surface area contributed by atoms with E-state index in [1.807, 2.05) is 36.4 Å². The van der Waals surface area contributed by atoms with Gasteiger partial charge in [0.2, 0.25) is 12.6 Å². The molecule has 6 rings (SSSR count). The Bertz CT molecular complexity index is 1610. The second-order valence-corrected chi connectivity index (χ2v) is 10.2. The van der Waals surface area contributed by atoms with Crippen molar-refractivity contribution in [3.8, 4) is 27.8 Å². The van der Waals surface area contributed by atoms with Crippen LogP contribution in [0.5, 0.6) is 17.2 Å². The summed E-state index contributed by atoms with van der Waals surface area (Å²) < 4.78 is 16.2. The fourth-order valence-electron chi connectivity index (χ4n) is 4.85. The number of hydrogen-bond donors (Lipinski definition) is 1. The quantitative estimate of drug-likeness (QED) is 0.303. The maximum atomic E-state index is 14.0. The van der Waals surface area contributed by atoms with E-state index < -0.39 is 23.5 Å². The molecule has 196 valence electrons. The van der Waals surface area contributed by atoms with Crippen LogP contribution in [0.2, 0.25) is 0 Å². The van der Waals surface area contributed by atoms with Gasteiger partial charge in [-0.2, -0.15) is 0 Å². The predicted octanol–water partition coefficient (Wildman–Crippen LogP) is 5.63. The molecule has 0 radical (unpaired) electrons. The average molecular weight is 541 g/mol. The van der Waals surface area contributed by atoms with Gasteiger partial charge in [0.05, 0.1) is 29.3 Å². The van der Waals surface area contributed by atoms with Crippen molar-refractivity contribution in [2.24, 2.45) is 0 Å². The summed E-state index contributed by atoms with van der Waals surface area (Å²) in [6, 6.07) is 21.3. The lowest BCUT2D eigenvalue weighted by Crippen LogP contribution is -2.30. The summed E-state index contributed by atoms with van der Waals surface area (Å²) in [6.07, 6.45) is 0. The van der Waals surface area contributed by atoms with Crippen molar-refractivity contribution in [3.63, 3.8) is 0 Å². The predicted molar refractivity (Wildman–Crippen MR) is 145 cm³/mol. The molecule has 0 saturated carbocycles. The summed E-state index contributed by atoms with van der Waals surface area (Å²) in [4.78, 5) is 34.0. The van der Waals surface area contributed by atoms with Crippen LogP contribution in [-0.2, 0) is 11.3 Å². The van der Waals surface area contributed by atoms with E-state index in [0.29, 0.717) is 38.4 Å². The number of methoxy groups -OCH3 is 1. The molecule has 0 fully saturated rings. The number of nitrogens with zero attached hydrogens (tertiary/aromatic N) is 2. The molecule has 0 saturated heterocycles. The van der Waals surface area contributed by atoms with Crippen LogP contribution >= 0.6 is 11.3 Å². The van der Waals surface area contributed by atoms with E-state index in [-0.39, 0.29) is 18.9 Å². The highest BCUT2D eigenvalue weighted by molar-refractivity contribution is 7.17. The minimum atomic E-state index is -0.817. The molecule has 8 nitrogen and oxygen atoms in total. The first-order valence-corrected chi connectivity index (χ1v) is 13.1. The normalized spacial score (nSPS) is 16.2. The fourth-order valence-corrected chi connectivity index (χ4v) is 5.88. The van der Waals surface area contributed by atoms with Gasteiger partial charge in [0.1, 0.15) is 10.8 Å². The van der Waals surface area contributed by atoms with Crippen LogP contribution in [0.15, 0.2) is 84.1 Å². The Morgan fingerprint density at radius 2 is 1.82 bits per heavy atom. The molecule has 1 amide bonds. The first-order chi connectivity index (χ1) is 18.9. The number of thiazole rings is 1. The maximum Gasteiger partial charge on any atom is 0.290 e. The minimum absolute atomic E-state index is 0.0253. The van der Waals surface area contributed by atoms with Crippen molar-refractivity contribution in [1.82, 2.24) is 9.88 Å². The Hall–Kier alpha value is -4.63. The second-order valence-electron chi connectivity index (χ2n) is 9.19. The molecule has 9 heteroatoms. The smallest absolute Gasteiger partial charge is 0.290 e. The van der Waals surface area contributed by atoms with Crippen molar-refractivity contribution in [2.75, 3.05) is 13.9 Å². The van der Waals surface area contributed by atoms with E-state index in [0.717, 1.165) is 11.1 Å². The number of carbonyl (C=O) groups is 2. The lowest BCUT2D eigenvalue weighted by Gasteiger charge is -2.27. The molecule has 1 N–H and O–H groups in total. The van der Waals surface area contributed by atoms with E-state index in [2.05, 4.69) is 4.98 Å². The molecule has 2 aliphatic heterocycles. The number of amides is 1. The van der Waals surface area contributed by atoms with Crippen LogP contribution < -0.4 is 14.2 Å². The van der Waals surface area contributed by atoms with Gasteiger partial charge in [0.15, 0.2) is 17.3 Å². The summed E-state index contributed by atoms with van der Waals surface area (Å²) in [5, 5.41) is 11.8. The van der Waals surface area contributed by atoms with Crippen LogP contribution in [0.25, 0.3) is 10.6 Å². The van der Waals surface area contributed by atoms with Gasteiger partial charge in [0, 0.05) is 12.1 Å². The number of aromatic nitrogens is 1. The molecule has 0 bridgehead atoms. The largest absolute Gasteiger partial charge is 0.503 e. The number of Topliss-reactive ketones (excluding diaryl/α,β-unsaturated/α-hetero) is 1. The van der Waals surface area contributed by atoms with Gasteiger partial charge in [-0.15, -0.1) is 11.3 Å². The minimum Gasteiger partial charge on any atom is -0.503 e. The molecule has 1 atom stereocenters. The molecule has 1 aromatic heterocycles. The molecule has 2 aliphatic rings. The van der Waals surface area contributed by atoms with Gasteiger partial charge >= 0.3 is 0 Å². The SMILES string of the molecule is COc1ccc(C2C(C(=O)c3sc(-c4ccccc4)nc3C)=C(O)C(=O)N2Cc2ccc3c(c2)OCO3)cc1. The first-order valence-electron chi connectivity index (χ1n) is 12.3. The number of aliphatic hydroxyl groups is 1. The number of ether oxygens (including phenoxy) is 3. The van der Waals surface area contributed by atoms with Crippen LogP contribution in [0.3, 0.4) is 0 Å². The van der Waals surface area contributed by atoms with Crippen molar-refractivity contribution in [2.45, 2.75) is 19.5 Å². The number of ketones is 1. The standard InChI is InChI=1S/C30H24N2O6S/c1-17-28(39-29(31-17)20-6-4-3-5-7-20)26(33)24-25(19-9-11-21(36-2)12-10-19)32(30(35)27(24)34)15-18-8-13-22-23(14-18)38-16-37-22/h3-14,25,34H,15-16H2,1-2H3. The molecule has 39 heavy (non-hydrogen) atoms. The number of fused-ring (bicyclic) bond motifs is 1. The van der Waals surface area contributed by atoms with E-state index >= 15 is 0 Å². The Kier molecular flexibility index (Phi) is 6.28. The number of aryl methyl sites for hydroxylation is 1. The summed E-state index contributed by atoms with van der Waals surface area (Å²) >= 11 is 1.25. The third-order valence-corrected chi connectivity index (χ3v) is 8.00. The highest BCUT2D eigenvalue weighted by Gasteiger charge is 2.44. The number of benzene rings is 3. The zero-order valence-electron chi connectivity index (χ0n) is 21.2. The number of rotatable bonds is 7. The van der Waals surface area contributed by atoms with Crippen molar-refractivity contribution < 1.29 is 28.9 Å². The van der Waals surface area contributed by atoms with Crippen LogP contribution in [0.1, 0.15) is 32.5 Å². The fraction of sp³-hybridized carbons (Fsp3) is 0.167. The Morgan fingerprint density at radius 3 is 2.56 bits per heavy atom. The van der Waals surface area contributed by atoms with Crippen molar-refractivity contribution >= 4 is 23.0 Å². The van der Waals surface area contributed by atoms with E-state index in [9.17, 15) is 14.7 Å². The van der Waals surface area contributed by atoms with Crippen LogP contribution in [-0.4, -0.2) is 40.6 Å². The topological polar surface area (TPSA) is 98.2 Å². The number of aliphatic hydroxyl groups excluding tert-OH is 1. The Balaban J connectivity index is 1.40.